The zero-order chi connectivity index (χ0) is 16.8. The molecule has 0 spiro atoms. The molecule has 0 unspecified atom stereocenters. The van der Waals surface area contributed by atoms with Crippen LogP contribution in [-0.4, -0.2) is 5.91 Å². The Morgan fingerprint density at radius 1 is 1.22 bits per heavy atom. The number of hydrogen-bond donors (Lipinski definition) is 1. The molecule has 0 aliphatic rings. The van der Waals surface area contributed by atoms with Gasteiger partial charge in [-0.15, -0.1) is 0 Å². The van der Waals surface area contributed by atoms with E-state index >= 15 is 0 Å². The summed E-state index contributed by atoms with van der Waals surface area (Å²) in [6.07, 6.45) is 1.03. The topological polar surface area (TPSA) is 52.9 Å². The van der Waals surface area contributed by atoms with Crippen LogP contribution in [0.5, 0.6) is 0 Å². The molecule has 0 heterocycles. The quantitative estimate of drug-likeness (QED) is 0.690. The average Bonchev–Trinajstić information content (AvgIpc) is 2.56. The first kappa shape index (κ1) is 16.4. The molecule has 0 aliphatic carbocycles. The highest BCUT2D eigenvalue weighted by molar-refractivity contribution is 6.01. The van der Waals surface area contributed by atoms with Crippen LogP contribution in [0.2, 0.25) is 0 Å². The van der Waals surface area contributed by atoms with Crippen LogP contribution in [0.25, 0.3) is 6.08 Å². The van der Waals surface area contributed by atoms with E-state index in [-0.39, 0.29) is 17.2 Å². The molecule has 1 atom stereocenters. The highest BCUT2D eigenvalue weighted by Crippen LogP contribution is 2.16. The molecule has 0 bridgehead atoms. The standard InChI is InChI=1S/C18H14F2N2O/c1-12(13-5-3-2-4-6-13)22-18(23)15(11-21)9-14-10-16(19)7-8-17(14)20/h2-10,12H,1H3,(H,22,23)/b15-9+/t12-/m0/s1. The van der Waals surface area contributed by atoms with Crippen molar-refractivity contribution in [2.75, 3.05) is 0 Å². The van der Waals surface area contributed by atoms with Crippen molar-refractivity contribution in [2.45, 2.75) is 13.0 Å². The second kappa shape index (κ2) is 7.32. The zero-order valence-electron chi connectivity index (χ0n) is 12.4. The van der Waals surface area contributed by atoms with Gasteiger partial charge in [-0.25, -0.2) is 8.78 Å². The minimum Gasteiger partial charge on any atom is -0.345 e. The lowest BCUT2D eigenvalue weighted by molar-refractivity contribution is -0.117. The molecule has 1 amide bonds. The fourth-order valence-corrected chi connectivity index (χ4v) is 2.03. The predicted molar refractivity (Wildman–Crippen MR) is 82.9 cm³/mol. The molecule has 2 aromatic rings. The van der Waals surface area contributed by atoms with Crippen molar-refractivity contribution < 1.29 is 13.6 Å². The maximum Gasteiger partial charge on any atom is 0.262 e. The van der Waals surface area contributed by atoms with E-state index in [1.807, 2.05) is 30.3 Å². The lowest BCUT2D eigenvalue weighted by Gasteiger charge is -2.13. The third kappa shape index (κ3) is 4.24. The Labute approximate surface area is 132 Å². The van der Waals surface area contributed by atoms with Gasteiger partial charge in [0.25, 0.3) is 5.91 Å². The fraction of sp³-hybridized carbons (Fsp3) is 0.111. The van der Waals surface area contributed by atoms with Crippen molar-refractivity contribution in [2.24, 2.45) is 0 Å². The normalized spacial score (nSPS) is 12.3. The number of carbonyl (C=O) groups excluding carboxylic acids is 1. The minimum absolute atomic E-state index is 0.149. The van der Waals surface area contributed by atoms with Crippen molar-refractivity contribution in [1.29, 1.82) is 5.26 Å². The SMILES string of the molecule is C[C@H](NC(=O)/C(C#N)=C/c1cc(F)ccc1F)c1ccccc1. The van der Waals surface area contributed by atoms with Crippen molar-refractivity contribution in [3.05, 3.63) is 76.9 Å². The summed E-state index contributed by atoms with van der Waals surface area (Å²) in [4.78, 5) is 12.1. The third-order valence-electron chi connectivity index (χ3n) is 3.27. The van der Waals surface area contributed by atoms with Crippen LogP contribution in [0.3, 0.4) is 0 Å². The van der Waals surface area contributed by atoms with Crippen molar-refractivity contribution in [3.8, 4) is 6.07 Å². The summed E-state index contributed by atoms with van der Waals surface area (Å²) in [5.74, 6) is -2.00. The molecule has 3 nitrogen and oxygen atoms in total. The van der Waals surface area contributed by atoms with Gasteiger partial charge in [-0.1, -0.05) is 30.3 Å². The summed E-state index contributed by atoms with van der Waals surface area (Å²) < 4.78 is 26.8. The molecular weight excluding hydrogens is 298 g/mol. The van der Waals surface area contributed by atoms with Crippen LogP contribution in [0.4, 0.5) is 8.78 Å². The number of carbonyl (C=O) groups is 1. The lowest BCUT2D eigenvalue weighted by Crippen LogP contribution is -2.27. The molecule has 5 heteroatoms. The number of benzene rings is 2. The second-order valence-electron chi connectivity index (χ2n) is 4.94. The summed E-state index contributed by atoms with van der Waals surface area (Å²) in [6.45, 7) is 1.77. The van der Waals surface area contributed by atoms with E-state index in [0.717, 1.165) is 29.8 Å². The van der Waals surface area contributed by atoms with Crippen LogP contribution < -0.4 is 5.32 Å². The smallest absolute Gasteiger partial charge is 0.262 e. The molecule has 0 radical (unpaired) electrons. The van der Waals surface area contributed by atoms with Crippen molar-refractivity contribution in [1.82, 2.24) is 5.32 Å². The second-order valence-corrected chi connectivity index (χ2v) is 4.94. The van der Waals surface area contributed by atoms with Crippen LogP contribution in [0.15, 0.2) is 54.1 Å². The number of halogens is 2. The van der Waals surface area contributed by atoms with Crippen molar-refractivity contribution in [3.63, 3.8) is 0 Å². The van der Waals surface area contributed by atoms with Crippen LogP contribution in [-0.2, 0) is 4.79 Å². The van der Waals surface area contributed by atoms with E-state index < -0.39 is 17.5 Å². The van der Waals surface area contributed by atoms with E-state index in [0.29, 0.717) is 0 Å². The Morgan fingerprint density at radius 2 is 1.91 bits per heavy atom. The molecule has 116 valence electrons. The maximum absolute atomic E-state index is 13.6. The van der Waals surface area contributed by atoms with Gasteiger partial charge in [-0.05, 0) is 36.8 Å². The van der Waals surface area contributed by atoms with E-state index in [4.69, 9.17) is 5.26 Å². The number of nitrogens with zero attached hydrogens (tertiary/aromatic N) is 1. The Bertz CT molecular complexity index is 779. The Hall–Kier alpha value is -3.00. The maximum atomic E-state index is 13.6. The number of nitrogens with one attached hydrogen (secondary N) is 1. The molecule has 0 fully saturated rings. The minimum atomic E-state index is -0.706. The van der Waals surface area contributed by atoms with Gasteiger partial charge in [0.15, 0.2) is 0 Å². The first-order valence-electron chi connectivity index (χ1n) is 6.94. The van der Waals surface area contributed by atoms with Gasteiger partial charge < -0.3 is 5.32 Å². The highest BCUT2D eigenvalue weighted by atomic mass is 19.1. The van der Waals surface area contributed by atoms with Crippen LogP contribution >= 0.6 is 0 Å². The lowest BCUT2D eigenvalue weighted by atomic mass is 10.1. The summed E-state index contributed by atoms with van der Waals surface area (Å²) in [5, 5.41) is 11.8. The van der Waals surface area contributed by atoms with Gasteiger partial charge >= 0.3 is 0 Å². The Kier molecular flexibility index (Phi) is 5.21. The van der Waals surface area contributed by atoms with Crippen LogP contribution in [0, 0.1) is 23.0 Å². The molecule has 0 aromatic heterocycles. The summed E-state index contributed by atoms with van der Waals surface area (Å²) in [6, 6.07) is 13.4. The first-order valence-corrected chi connectivity index (χ1v) is 6.94. The largest absolute Gasteiger partial charge is 0.345 e. The highest BCUT2D eigenvalue weighted by Gasteiger charge is 2.14. The first-order chi connectivity index (χ1) is 11.0. The number of nitriles is 1. The molecule has 23 heavy (non-hydrogen) atoms. The van der Waals surface area contributed by atoms with Gasteiger partial charge in [-0.2, -0.15) is 5.26 Å². The molecule has 2 aromatic carbocycles. The van der Waals surface area contributed by atoms with Crippen molar-refractivity contribution >= 4 is 12.0 Å². The summed E-state index contributed by atoms with van der Waals surface area (Å²) >= 11 is 0. The molecule has 0 saturated carbocycles. The molecular formula is C18H14F2N2O. The number of rotatable bonds is 4. The third-order valence-corrected chi connectivity index (χ3v) is 3.27. The molecule has 2 rings (SSSR count). The Morgan fingerprint density at radius 3 is 2.57 bits per heavy atom. The van der Waals surface area contributed by atoms with E-state index in [2.05, 4.69) is 5.32 Å². The number of hydrogen-bond acceptors (Lipinski definition) is 2. The molecule has 1 N–H and O–H groups in total. The van der Waals surface area contributed by atoms with Gasteiger partial charge in [-0.3, -0.25) is 4.79 Å². The summed E-state index contributed by atoms with van der Waals surface area (Å²) in [5.41, 5.74) is 0.427. The number of amides is 1. The predicted octanol–water partition coefficient (Wildman–Crippen LogP) is 3.75. The fourth-order valence-electron chi connectivity index (χ4n) is 2.03. The molecule has 0 aliphatic heterocycles. The Balaban J connectivity index is 2.20. The van der Waals surface area contributed by atoms with E-state index in [1.165, 1.54) is 0 Å². The monoisotopic (exact) mass is 312 g/mol. The van der Waals surface area contributed by atoms with Gasteiger partial charge in [0.1, 0.15) is 23.3 Å². The molecule has 0 saturated heterocycles. The average molecular weight is 312 g/mol. The van der Waals surface area contributed by atoms with Gasteiger partial charge in [0.2, 0.25) is 0 Å². The van der Waals surface area contributed by atoms with Crippen LogP contribution in [0.1, 0.15) is 24.1 Å². The van der Waals surface area contributed by atoms with E-state index in [9.17, 15) is 13.6 Å². The van der Waals surface area contributed by atoms with Gasteiger partial charge in [0, 0.05) is 5.56 Å². The van der Waals surface area contributed by atoms with Gasteiger partial charge in [0.05, 0.1) is 6.04 Å². The zero-order valence-corrected chi connectivity index (χ0v) is 12.4. The van der Waals surface area contributed by atoms with E-state index in [1.54, 1.807) is 13.0 Å². The summed E-state index contributed by atoms with van der Waals surface area (Å²) in [7, 11) is 0.